The molecule has 9 heteroatoms. The fraction of sp³-hybridized carbons (Fsp3) is 0.556. The van der Waals surface area contributed by atoms with E-state index >= 15 is 0 Å². The van der Waals surface area contributed by atoms with E-state index in [1.54, 1.807) is 6.92 Å². The summed E-state index contributed by atoms with van der Waals surface area (Å²) in [6, 6.07) is -0.291. The number of sulfonamides is 1. The number of aromatic nitrogens is 2. The second-order valence-electron chi connectivity index (χ2n) is 3.81. The van der Waals surface area contributed by atoms with Crippen LogP contribution in [0.4, 0.5) is 0 Å². The van der Waals surface area contributed by atoms with Crippen molar-refractivity contribution in [3.8, 4) is 0 Å². The van der Waals surface area contributed by atoms with Gasteiger partial charge in [0.15, 0.2) is 5.69 Å². The van der Waals surface area contributed by atoms with Gasteiger partial charge in [-0.2, -0.15) is 16.9 Å². The van der Waals surface area contributed by atoms with E-state index in [9.17, 15) is 13.2 Å². The molecule has 1 aromatic heterocycles. The molecule has 102 valence electrons. The molecule has 18 heavy (non-hydrogen) atoms. The largest absolute Gasteiger partial charge is 0.476 e. The van der Waals surface area contributed by atoms with Gasteiger partial charge in [0.25, 0.3) is 0 Å². The van der Waals surface area contributed by atoms with Crippen molar-refractivity contribution < 1.29 is 18.3 Å². The van der Waals surface area contributed by atoms with Gasteiger partial charge in [-0.15, -0.1) is 0 Å². The topological polar surface area (TPSA) is 112 Å². The van der Waals surface area contributed by atoms with Crippen LogP contribution >= 0.6 is 11.8 Å². The Hall–Kier alpha value is -1.06. The standard InChI is InChI=1S/C9H15N3O4S2/c1-5(4-17-3)12-18(15,16)8-6(2)10-11-7(8)9(13)14/h5,12H,4H2,1-3H3,(H,10,11)(H,13,14). The highest BCUT2D eigenvalue weighted by molar-refractivity contribution is 7.98. The fourth-order valence-corrected chi connectivity index (χ4v) is 3.76. The van der Waals surface area contributed by atoms with Crippen molar-refractivity contribution in [3.05, 3.63) is 11.4 Å². The molecule has 0 amide bonds. The Labute approximate surface area is 109 Å². The van der Waals surface area contributed by atoms with E-state index < -0.39 is 21.7 Å². The van der Waals surface area contributed by atoms with Crippen LogP contribution in [0.25, 0.3) is 0 Å². The average molecular weight is 293 g/mol. The monoisotopic (exact) mass is 293 g/mol. The molecule has 0 aliphatic rings. The number of aryl methyl sites for hydroxylation is 1. The van der Waals surface area contributed by atoms with Crippen LogP contribution in [0, 0.1) is 6.92 Å². The lowest BCUT2D eigenvalue weighted by Gasteiger charge is -2.12. The average Bonchev–Trinajstić information content (AvgIpc) is 2.60. The van der Waals surface area contributed by atoms with Crippen LogP contribution in [0.3, 0.4) is 0 Å². The highest BCUT2D eigenvalue weighted by atomic mass is 32.2. The van der Waals surface area contributed by atoms with Gasteiger partial charge in [0.1, 0.15) is 4.90 Å². The first-order valence-corrected chi connectivity index (χ1v) is 7.96. The molecule has 3 N–H and O–H groups in total. The van der Waals surface area contributed by atoms with Gasteiger partial charge in [-0.25, -0.2) is 17.9 Å². The number of carboxylic acid groups (broad SMARTS) is 1. The summed E-state index contributed by atoms with van der Waals surface area (Å²) in [5.41, 5.74) is -0.285. The van der Waals surface area contributed by atoms with Gasteiger partial charge in [0, 0.05) is 11.8 Å². The number of carboxylic acids is 1. The van der Waals surface area contributed by atoms with Crippen LogP contribution in [0.5, 0.6) is 0 Å². The molecule has 0 aliphatic heterocycles. The van der Waals surface area contributed by atoms with E-state index in [1.807, 2.05) is 6.26 Å². The quantitative estimate of drug-likeness (QED) is 0.702. The molecule has 0 saturated heterocycles. The van der Waals surface area contributed by atoms with Crippen LogP contribution in [-0.2, 0) is 10.0 Å². The number of H-pyrrole nitrogens is 1. The maximum atomic E-state index is 12.1. The highest BCUT2D eigenvalue weighted by Gasteiger charge is 2.29. The van der Waals surface area contributed by atoms with Gasteiger partial charge in [-0.3, -0.25) is 5.10 Å². The number of nitrogens with zero attached hydrogens (tertiary/aromatic N) is 1. The van der Waals surface area contributed by atoms with Crippen molar-refractivity contribution in [2.45, 2.75) is 24.8 Å². The molecular weight excluding hydrogens is 278 g/mol. The molecule has 0 bridgehead atoms. The second-order valence-corrected chi connectivity index (χ2v) is 6.37. The lowest BCUT2D eigenvalue weighted by molar-refractivity contribution is 0.0686. The summed E-state index contributed by atoms with van der Waals surface area (Å²) in [6.45, 7) is 3.18. The van der Waals surface area contributed by atoms with Gasteiger partial charge in [-0.1, -0.05) is 0 Å². The fourth-order valence-electron chi connectivity index (χ4n) is 1.50. The summed E-state index contributed by atoms with van der Waals surface area (Å²) in [6.07, 6.45) is 1.86. The number of aromatic carboxylic acids is 1. The lowest BCUT2D eigenvalue weighted by atomic mass is 10.4. The normalized spacial score (nSPS) is 13.5. The van der Waals surface area contributed by atoms with Crippen LogP contribution in [-0.4, -0.2) is 47.7 Å². The van der Waals surface area contributed by atoms with Gasteiger partial charge in [0.2, 0.25) is 10.0 Å². The van der Waals surface area contributed by atoms with Crippen LogP contribution < -0.4 is 4.72 Å². The Kier molecular flexibility index (Phi) is 4.77. The second kappa shape index (κ2) is 5.72. The number of carbonyl (C=O) groups is 1. The summed E-state index contributed by atoms with van der Waals surface area (Å²) in [4.78, 5) is 10.6. The predicted molar refractivity (Wildman–Crippen MR) is 68.4 cm³/mol. The summed E-state index contributed by atoms with van der Waals surface area (Å²) in [5.74, 6) is -0.782. The highest BCUT2D eigenvalue weighted by Crippen LogP contribution is 2.18. The van der Waals surface area contributed by atoms with Crippen molar-refractivity contribution >= 4 is 27.8 Å². The Balaban J connectivity index is 3.12. The predicted octanol–water partition coefficient (Wildman–Crippen LogP) is 0.446. The minimum atomic E-state index is -3.88. The van der Waals surface area contributed by atoms with Gasteiger partial charge < -0.3 is 5.11 Å². The maximum absolute atomic E-state index is 12.1. The summed E-state index contributed by atoms with van der Waals surface area (Å²) in [7, 11) is -3.88. The van der Waals surface area contributed by atoms with E-state index in [-0.39, 0.29) is 16.6 Å². The molecular formula is C9H15N3O4S2. The van der Waals surface area contributed by atoms with E-state index in [4.69, 9.17) is 5.11 Å². The van der Waals surface area contributed by atoms with Crippen LogP contribution in [0.2, 0.25) is 0 Å². The Morgan fingerprint density at radius 3 is 2.72 bits per heavy atom. The van der Waals surface area contributed by atoms with Crippen molar-refractivity contribution in [3.63, 3.8) is 0 Å². The molecule has 0 radical (unpaired) electrons. The lowest BCUT2D eigenvalue weighted by Crippen LogP contribution is -2.35. The summed E-state index contributed by atoms with van der Waals surface area (Å²) in [5, 5.41) is 14.8. The third kappa shape index (κ3) is 3.24. The summed E-state index contributed by atoms with van der Waals surface area (Å²) >= 11 is 1.50. The molecule has 0 saturated carbocycles. The molecule has 1 unspecified atom stereocenters. The first kappa shape index (κ1) is 15.0. The van der Waals surface area contributed by atoms with Gasteiger partial charge >= 0.3 is 5.97 Å². The maximum Gasteiger partial charge on any atom is 0.357 e. The van der Waals surface area contributed by atoms with Crippen molar-refractivity contribution in [2.75, 3.05) is 12.0 Å². The van der Waals surface area contributed by atoms with Gasteiger partial charge in [0.05, 0.1) is 5.69 Å². The van der Waals surface area contributed by atoms with E-state index in [0.717, 1.165) is 0 Å². The SMILES string of the molecule is CSCC(C)NS(=O)(=O)c1c(C(=O)O)n[nH]c1C. The van der Waals surface area contributed by atoms with E-state index in [0.29, 0.717) is 5.75 Å². The molecule has 1 rings (SSSR count). The molecule has 1 heterocycles. The molecule has 0 aromatic carbocycles. The van der Waals surface area contributed by atoms with E-state index in [2.05, 4.69) is 14.9 Å². The number of nitrogens with one attached hydrogen (secondary N) is 2. The molecule has 0 spiro atoms. The zero-order valence-electron chi connectivity index (χ0n) is 10.2. The molecule has 0 fully saturated rings. The number of aromatic amines is 1. The molecule has 7 nitrogen and oxygen atoms in total. The van der Waals surface area contributed by atoms with Crippen LogP contribution in [0.15, 0.2) is 4.90 Å². The number of rotatable bonds is 6. The smallest absolute Gasteiger partial charge is 0.357 e. The summed E-state index contributed by atoms with van der Waals surface area (Å²) < 4.78 is 26.6. The first-order chi connectivity index (χ1) is 8.29. The van der Waals surface area contributed by atoms with Crippen molar-refractivity contribution in [1.82, 2.24) is 14.9 Å². The Morgan fingerprint density at radius 1 is 1.61 bits per heavy atom. The third-order valence-corrected chi connectivity index (χ3v) is 4.72. The third-order valence-electron chi connectivity index (χ3n) is 2.14. The van der Waals surface area contributed by atoms with Crippen molar-refractivity contribution in [1.29, 1.82) is 0 Å². The van der Waals surface area contributed by atoms with Gasteiger partial charge in [-0.05, 0) is 20.1 Å². The molecule has 1 atom stereocenters. The minimum Gasteiger partial charge on any atom is -0.476 e. The minimum absolute atomic E-state index is 0.205. The number of thioether (sulfide) groups is 1. The Bertz CT molecular complexity index is 538. The molecule has 1 aromatic rings. The van der Waals surface area contributed by atoms with Crippen molar-refractivity contribution in [2.24, 2.45) is 0 Å². The zero-order chi connectivity index (χ0) is 13.9. The number of hydrogen-bond acceptors (Lipinski definition) is 5. The molecule has 0 aliphatic carbocycles. The van der Waals surface area contributed by atoms with E-state index in [1.165, 1.54) is 18.7 Å². The van der Waals surface area contributed by atoms with Crippen LogP contribution in [0.1, 0.15) is 23.1 Å². The Morgan fingerprint density at radius 2 is 2.22 bits per heavy atom. The zero-order valence-corrected chi connectivity index (χ0v) is 11.9. The number of hydrogen-bond donors (Lipinski definition) is 3. The first-order valence-electron chi connectivity index (χ1n) is 5.09.